The average Bonchev–Trinajstić information content (AvgIpc) is 2.05. The minimum Gasteiger partial charge on any atom is -0.508 e. The highest BCUT2D eigenvalue weighted by Gasteiger charge is 2.30. The molecule has 1 aliphatic heterocycles. The highest BCUT2D eigenvalue weighted by atomic mass is 32.2. The second-order valence-electron chi connectivity index (χ2n) is 3.56. The van der Waals surface area contributed by atoms with Crippen LogP contribution < -0.4 is 5.32 Å². The smallest absolute Gasteiger partial charge is 0.446 e. The molecule has 1 heterocycles. The fraction of sp³-hybridized carbons (Fsp3) is 0.400. The summed E-state index contributed by atoms with van der Waals surface area (Å²) in [5, 5.41) is 12.6. The van der Waals surface area contributed by atoms with Crippen LogP contribution in [0.4, 0.5) is 13.2 Å². The summed E-state index contributed by atoms with van der Waals surface area (Å²) in [6, 6.07) is 3.96. The summed E-state index contributed by atoms with van der Waals surface area (Å²) in [6.07, 6.45) is 0.841. The standard InChI is InChI=1S/C10H10F3NOS/c11-10(12,13)16-6-1-2-9(15)7(5-6)8-3-4-14-8/h1-2,5,8,14-15H,3-4H2/t8-/m0/s1. The van der Waals surface area contributed by atoms with Crippen LogP contribution in [0.1, 0.15) is 18.0 Å². The van der Waals surface area contributed by atoms with E-state index in [0.29, 0.717) is 5.56 Å². The Morgan fingerprint density at radius 2 is 2.06 bits per heavy atom. The fourth-order valence-electron chi connectivity index (χ4n) is 1.56. The minimum absolute atomic E-state index is 0.0196. The van der Waals surface area contributed by atoms with Crippen LogP contribution in [0.15, 0.2) is 23.1 Å². The van der Waals surface area contributed by atoms with Crippen LogP contribution in [0, 0.1) is 0 Å². The van der Waals surface area contributed by atoms with Gasteiger partial charge in [0.05, 0.1) is 0 Å². The molecular weight excluding hydrogens is 239 g/mol. The third kappa shape index (κ3) is 2.62. The van der Waals surface area contributed by atoms with Crippen LogP contribution in [0.25, 0.3) is 0 Å². The number of aromatic hydroxyl groups is 1. The molecule has 0 amide bonds. The van der Waals surface area contributed by atoms with Crippen LogP contribution in [-0.2, 0) is 0 Å². The number of phenols is 1. The third-order valence-electron chi connectivity index (χ3n) is 2.43. The Labute approximate surface area is 94.8 Å². The average molecular weight is 249 g/mol. The number of benzene rings is 1. The van der Waals surface area contributed by atoms with Gasteiger partial charge in [0.2, 0.25) is 0 Å². The van der Waals surface area contributed by atoms with Crippen LogP contribution in [0.2, 0.25) is 0 Å². The van der Waals surface area contributed by atoms with Crippen molar-refractivity contribution < 1.29 is 18.3 Å². The molecule has 0 unspecified atom stereocenters. The Morgan fingerprint density at radius 3 is 2.56 bits per heavy atom. The molecule has 2 rings (SSSR count). The zero-order valence-corrected chi connectivity index (χ0v) is 9.03. The molecule has 1 aliphatic rings. The van der Waals surface area contributed by atoms with Gasteiger partial charge in [0.1, 0.15) is 5.75 Å². The monoisotopic (exact) mass is 249 g/mol. The van der Waals surface area contributed by atoms with Gasteiger partial charge in [0, 0.05) is 16.5 Å². The molecule has 1 atom stereocenters. The molecule has 1 fully saturated rings. The quantitative estimate of drug-likeness (QED) is 0.790. The molecule has 0 saturated carbocycles. The van der Waals surface area contributed by atoms with E-state index in [1.54, 1.807) is 0 Å². The van der Waals surface area contributed by atoms with E-state index < -0.39 is 5.51 Å². The van der Waals surface area contributed by atoms with Crippen molar-refractivity contribution in [3.63, 3.8) is 0 Å². The molecule has 6 heteroatoms. The largest absolute Gasteiger partial charge is 0.508 e. The summed E-state index contributed by atoms with van der Waals surface area (Å²) < 4.78 is 36.5. The topological polar surface area (TPSA) is 32.3 Å². The third-order valence-corrected chi connectivity index (χ3v) is 3.15. The van der Waals surface area contributed by atoms with Crippen LogP contribution in [0.3, 0.4) is 0 Å². The van der Waals surface area contributed by atoms with Gasteiger partial charge in [-0.05, 0) is 42.9 Å². The van der Waals surface area contributed by atoms with Gasteiger partial charge in [-0.15, -0.1) is 0 Å². The van der Waals surface area contributed by atoms with Crippen molar-refractivity contribution in [1.82, 2.24) is 5.32 Å². The normalized spacial score (nSPS) is 20.6. The molecule has 2 N–H and O–H groups in total. The van der Waals surface area contributed by atoms with Gasteiger partial charge in [-0.25, -0.2) is 0 Å². The summed E-state index contributed by atoms with van der Waals surface area (Å²) in [5.74, 6) is 0.0451. The van der Waals surface area contributed by atoms with Crippen molar-refractivity contribution in [2.75, 3.05) is 6.54 Å². The van der Waals surface area contributed by atoms with Crippen LogP contribution >= 0.6 is 11.8 Å². The summed E-state index contributed by atoms with van der Waals surface area (Å²) >= 11 is -0.163. The molecule has 0 bridgehead atoms. The highest BCUT2D eigenvalue weighted by molar-refractivity contribution is 8.00. The maximum Gasteiger partial charge on any atom is 0.446 e. The Morgan fingerprint density at radius 1 is 1.38 bits per heavy atom. The first kappa shape index (κ1) is 11.6. The zero-order chi connectivity index (χ0) is 11.8. The van der Waals surface area contributed by atoms with Gasteiger partial charge >= 0.3 is 5.51 Å². The maximum atomic E-state index is 12.2. The molecule has 2 nitrogen and oxygen atoms in total. The number of phenolic OH excluding ortho intramolecular Hbond substituents is 1. The van der Waals surface area contributed by atoms with Crippen molar-refractivity contribution in [3.8, 4) is 5.75 Å². The first-order valence-corrected chi connectivity index (χ1v) is 5.59. The number of hydrogen-bond acceptors (Lipinski definition) is 3. The Kier molecular flexibility index (Phi) is 3.03. The molecule has 0 spiro atoms. The van der Waals surface area contributed by atoms with Crippen molar-refractivity contribution in [2.24, 2.45) is 0 Å². The van der Waals surface area contributed by atoms with E-state index in [2.05, 4.69) is 5.32 Å². The Hall–Kier alpha value is -0.880. The number of nitrogens with one attached hydrogen (secondary N) is 1. The second-order valence-corrected chi connectivity index (χ2v) is 4.70. The first-order chi connectivity index (χ1) is 7.46. The minimum atomic E-state index is -4.29. The predicted octanol–water partition coefficient (Wildman–Crippen LogP) is 3.04. The van der Waals surface area contributed by atoms with Crippen molar-refractivity contribution in [2.45, 2.75) is 22.9 Å². The second kappa shape index (κ2) is 4.18. The molecule has 0 aromatic heterocycles. The molecule has 16 heavy (non-hydrogen) atoms. The van der Waals surface area contributed by atoms with E-state index >= 15 is 0 Å². The van der Waals surface area contributed by atoms with E-state index in [9.17, 15) is 18.3 Å². The van der Waals surface area contributed by atoms with E-state index in [1.807, 2.05) is 0 Å². The van der Waals surface area contributed by atoms with Crippen molar-refractivity contribution in [1.29, 1.82) is 0 Å². The van der Waals surface area contributed by atoms with E-state index in [4.69, 9.17) is 0 Å². The first-order valence-electron chi connectivity index (χ1n) is 4.78. The lowest BCUT2D eigenvalue weighted by Gasteiger charge is -2.28. The molecular formula is C10H10F3NOS. The van der Waals surface area contributed by atoms with Crippen molar-refractivity contribution in [3.05, 3.63) is 23.8 Å². The molecule has 88 valence electrons. The van der Waals surface area contributed by atoms with E-state index in [0.717, 1.165) is 13.0 Å². The van der Waals surface area contributed by atoms with Crippen LogP contribution in [-0.4, -0.2) is 17.2 Å². The van der Waals surface area contributed by atoms with Gasteiger partial charge in [-0.3, -0.25) is 0 Å². The number of halogens is 3. The Balaban J connectivity index is 2.21. The van der Waals surface area contributed by atoms with Gasteiger partial charge in [0.15, 0.2) is 0 Å². The SMILES string of the molecule is Oc1ccc(SC(F)(F)F)cc1[C@@H]1CCN1. The lowest BCUT2D eigenvalue weighted by Crippen LogP contribution is -2.34. The predicted molar refractivity (Wildman–Crippen MR) is 55.4 cm³/mol. The molecule has 1 aromatic rings. The fourth-order valence-corrected chi connectivity index (χ4v) is 2.15. The zero-order valence-electron chi connectivity index (χ0n) is 8.21. The maximum absolute atomic E-state index is 12.2. The lowest BCUT2D eigenvalue weighted by molar-refractivity contribution is -0.0328. The van der Waals surface area contributed by atoms with Gasteiger partial charge in [-0.2, -0.15) is 13.2 Å². The van der Waals surface area contributed by atoms with E-state index in [-0.39, 0.29) is 28.4 Å². The molecule has 0 aliphatic carbocycles. The number of alkyl halides is 3. The van der Waals surface area contributed by atoms with Crippen LogP contribution in [0.5, 0.6) is 5.75 Å². The number of hydrogen-bond donors (Lipinski definition) is 2. The number of rotatable bonds is 2. The van der Waals surface area contributed by atoms with Gasteiger partial charge < -0.3 is 10.4 Å². The van der Waals surface area contributed by atoms with Crippen molar-refractivity contribution >= 4 is 11.8 Å². The molecule has 1 saturated heterocycles. The summed E-state index contributed by atoms with van der Waals surface area (Å²) in [5.41, 5.74) is -3.75. The summed E-state index contributed by atoms with van der Waals surface area (Å²) in [4.78, 5) is 0.106. The molecule has 1 aromatic carbocycles. The summed E-state index contributed by atoms with van der Waals surface area (Å²) in [7, 11) is 0. The van der Waals surface area contributed by atoms with E-state index in [1.165, 1.54) is 18.2 Å². The summed E-state index contributed by atoms with van der Waals surface area (Å²) in [6.45, 7) is 0.834. The molecule has 0 radical (unpaired) electrons. The lowest BCUT2D eigenvalue weighted by atomic mass is 9.97. The van der Waals surface area contributed by atoms with Gasteiger partial charge in [-0.1, -0.05) is 0 Å². The Bertz CT molecular complexity index is 390. The highest BCUT2D eigenvalue weighted by Crippen LogP contribution is 2.40. The number of thioether (sulfide) groups is 1. The van der Waals surface area contributed by atoms with Gasteiger partial charge in [0.25, 0.3) is 0 Å².